The first-order valence-electron chi connectivity index (χ1n) is 6.04. The van der Waals surface area contributed by atoms with Crippen molar-refractivity contribution in [2.45, 2.75) is 38.0 Å². The Bertz CT molecular complexity index is 373. The van der Waals surface area contributed by atoms with Crippen LogP contribution in [0.2, 0.25) is 0 Å². The highest BCUT2D eigenvalue weighted by molar-refractivity contribution is 5.83. The Hall–Kier alpha value is -1.83. The summed E-state index contributed by atoms with van der Waals surface area (Å²) in [6.45, 7) is 1.84. The molecule has 8 heteroatoms. The first-order chi connectivity index (χ1) is 8.85. The molecule has 1 aliphatic heterocycles. The van der Waals surface area contributed by atoms with Gasteiger partial charge in [-0.15, -0.1) is 0 Å². The van der Waals surface area contributed by atoms with Crippen molar-refractivity contribution >= 4 is 17.9 Å². The summed E-state index contributed by atoms with van der Waals surface area (Å²) in [6, 6.07) is -1.00. The molecule has 1 rings (SSSR count). The number of aliphatic hydroxyl groups is 1. The minimum absolute atomic E-state index is 0.0140. The molecule has 0 aromatic carbocycles. The predicted molar refractivity (Wildman–Crippen MR) is 65.4 cm³/mol. The lowest BCUT2D eigenvalue weighted by atomic mass is 9.93. The second kappa shape index (κ2) is 6.37. The summed E-state index contributed by atoms with van der Waals surface area (Å²) in [5.41, 5.74) is 0. The van der Waals surface area contributed by atoms with Crippen LogP contribution in [0.25, 0.3) is 0 Å². The Morgan fingerprint density at radius 2 is 2.16 bits per heavy atom. The summed E-state index contributed by atoms with van der Waals surface area (Å²) in [5, 5.41) is 25.5. The van der Waals surface area contributed by atoms with E-state index in [-0.39, 0.29) is 18.4 Å². The molecule has 2 unspecified atom stereocenters. The average molecular weight is 273 g/mol. The van der Waals surface area contributed by atoms with Crippen molar-refractivity contribution in [1.29, 1.82) is 0 Å². The van der Waals surface area contributed by atoms with E-state index in [0.29, 0.717) is 6.42 Å². The normalized spacial score (nSPS) is 25.3. The Labute approximate surface area is 110 Å². The van der Waals surface area contributed by atoms with E-state index in [9.17, 15) is 19.5 Å². The monoisotopic (exact) mass is 273 g/mol. The maximum Gasteiger partial charge on any atom is 0.404 e. The molecule has 0 bridgehead atoms. The summed E-state index contributed by atoms with van der Waals surface area (Å²) in [5.74, 6) is -1.29. The minimum Gasteiger partial charge on any atom is -0.465 e. The molecule has 0 aromatic heterocycles. The summed E-state index contributed by atoms with van der Waals surface area (Å²) in [7, 11) is 1.34. The number of amides is 3. The second-order valence-electron chi connectivity index (χ2n) is 4.69. The van der Waals surface area contributed by atoms with Crippen LogP contribution in [0.15, 0.2) is 0 Å². The van der Waals surface area contributed by atoms with Gasteiger partial charge in [-0.25, -0.2) is 4.79 Å². The van der Waals surface area contributed by atoms with Crippen LogP contribution in [-0.2, 0) is 9.59 Å². The van der Waals surface area contributed by atoms with Gasteiger partial charge in [-0.2, -0.15) is 0 Å². The van der Waals surface area contributed by atoms with E-state index in [1.807, 2.05) is 6.92 Å². The summed E-state index contributed by atoms with van der Waals surface area (Å²) in [4.78, 5) is 33.6. The Morgan fingerprint density at radius 1 is 1.53 bits per heavy atom. The van der Waals surface area contributed by atoms with E-state index in [1.54, 1.807) is 0 Å². The number of hydrogen-bond acceptors (Lipinski definition) is 4. The number of rotatable bonds is 5. The Morgan fingerprint density at radius 3 is 2.58 bits per heavy atom. The van der Waals surface area contributed by atoms with Crippen LogP contribution in [-0.4, -0.2) is 53.4 Å². The van der Waals surface area contributed by atoms with E-state index >= 15 is 0 Å². The van der Waals surface area contributed by atoms with E-state index < -0.39 is 30.1 Å². The summed E-state index contributed by atoms with van der Waals surface area (Å²) >= 11 is 0. The van der Waals surface area contributed by atoms with Crippen LogP contribution in [0.4, 0.5) is 4.79 Å². The molecule has 4 atom stereocenters. The molecular weight excluding hydrogens is 254 g/mol. The number of aliphatic hydroxyl groups excluding tert-OH is 1. The van der Waals surface area contributed by atoms with Crippen molar-refractivity contribution in [3.63, 3.8) is 0 Å². The maximum absolute atomic E-state index is 11.6. The zero-order valence-electron chi connectivity index (χ0n) is 10.8. The zero-order valence-corrected chi connectivity index (χ0v) is 10.8. The molecule has 1 fully saturated rings. The molecule has 1 saturated heterocycles. The topological polar surface area (TPSA) is 128 Å². The van der Waals surface area contributed by atoms with Crippen molar-refractivity contribution in [2.24, 2.45) is 5.92 Å². The zero-order chi connectivity index (χ0) is 14.6. The first kappa shape index (κ1) is 15.2. The maximum atomic E-state index is 11.6. The van der Waals surface area contributed by atoms with Crippen LogP contribution < -0.4 is 16.0 Å². The van der Waals surface area contributed by atoms with Gasteiger partial charge in [-0.3, -0.25) is 9.59 Å². The lowest BCUT2D eigenvalue weighted by Gasteiger charge is -2.23. The highest BCUT2D eigenvalue weighted by Crippen LogP contribution is 2.21. The molecule has 1 heterocycles. The lowest BCUT2D eigenvalue weighted by Crippen LogP contribution is -2.50. The highest BCUT2D eigenvalue weighted by atomic mass is 16.4. The predicted octanol–water partition coefficient (Wildman–Crippen LogP) is -1.36. The number of carboxylic acid groups (broad SMARTS) is 1. The average Bonchev–Trinajstić information content (AvgIpc) is 2.64. The Kier molecular flexibility index (Phi) is 5.11. The minimum atomic E-state index is -1.52. The summed E-state index contributed by atoms with van der Waals surface area (Å²) < 4.78 is 0. The van der Waals surface area contributed by atoms with Gasteiger partial charge in [0.25, 0.3) is 5.91 Å². The standard InChI is InChI=1S/C11H19N3O5/c1-5-3-6(9(16)13-5)4-7(14-11(18)19)8(15)10(17)12-2/h5-8,14-15H,3-4H2,1-2H3,(H,12,17)(H,13,16)(H,18,19)/t5-,6+,7?,8?/m1/s1. The third kappa shape index (κ3) is 4.09. The van der Waals surface area contributed by atoms with E-state index in [4.69, 9.17) is 5.11 Å². The van der Waals surface area contributed by atoms with Gasteiger partial charge < -0.3 is 26.2 Å². The summed E-state index contributed by atoms with van der Waals surface area (Å²) in [6.07, 6.45) is -2.24. The van der Waals surface area contributed by atoms with Gasteiger partial charge in [0.2, 0.25) is 5.91 Å². The van der Waals surface area contributed by atoms with E-state index in [0.717, 1.165) is 0 Å². The third-order valence-electron chi connectivity index (χ3n) is 3.14. The second-order valence-corrected chi connectivity index (χ2v) is 4.69. The van der Waals surface area contributed by atoms with Crippen LogP contribution >= 0.6 is 0 Å². The number of carbonyl (C=O) groups is 3. The molecular formula is C11H19N3O5. The molecule has 0 radical (unpaired) electrons. The number of carbonyl (C=O) groups excluding carboxylic acids is 2. The van der Waals surface area contributed by atoms with Crippen molar-refractivity contribution in [3.8, 4) is 0 Å². The number of nitrogens with one attached hydrogen (secondary N) is 3. The molecule has 0 spiro atoms. The molecule has 3 amide bonds. The van der Waals surface area contributed by atoms with Gasteiger partial charge in [-0.1, -0.05) is 0 Å². The lowest BCUT2D eigenvalue weighted by molar-refractivity contribution is -0.131. The molecule has 0 saturated carbocycles. The largest absolute Gasteiger partial charge is 0.465 e. The fraction of sp³-hybridized carbons (Fsp3) is 0.727. The fourth-order valence-corrected chi connectivity index (χ4v) is 2.22. The van der Waals surface area contributed by atoms with Gasteiger partial charge in [0.05, 0.1) is 6.04 Å². The van der Waals surface area contributed by atoms with Gasteiger partial charge in [0.15, 0.2) is 6.10 Å². The van der Waals surface area contributed by atoms with E-state index in [1.165, 1.54) is 7.05 Å². The molecule has 1 aliphatic rings. The highest BCUT2D eigenvalue weighted by Gasteiger charge is 2.36. The van der Waals surface area contributed by atoms with Gasteiger partial charge in [0.1, 0.15) is 0 Å². The van der Waals surface area contributed by atoms with Crippen molar-refractivity contribution in [1.82, 2.24) is 16.0 Å². The third-order valence-corrected chi connectivity index (χ3v) is 3.14. The molecule has 5 N–H and O–H groups in total. The quantitative estimate of drug-likeness (QED) is 0.423. The van der Waals surface area contributed by atoms with Crippen molar-refractivity contribution in [3.05, 3.63) is 0 Å². The number of likely N-dealkylation sites (N-methyl/N-ethyl adjacent to an activating group) is 1. The Balaban J connectivity index is 2.71. The van der Waals surface area contributed by atoms with Gasteiger partial charge in [-0.05, 0) is 19.8 Å². The van der Waals surface area contributed by atoms with E-state index in [2.05, 4.69) is 16.0 Å². The number of hydrogen-bond donors (Lipinski definition) is 5. The first-order valence-corrected chi connectivity index (χ1v) is 6.04. The van der Waals surface area contributed by atoms with Crippen LogP contribution in [0.5, 0.6) is 0 Å². The van der Waals surface area contributed by atoms with Crippen LogP contribution in [0.1, 0.15) is 19.8 Å². The smallest absolute Gasteiger partial charge is 0.404 e. The van der Waals surface area contributed by atoms with Crippen LogP contribution in [0.3, 0.4) is 0 Å². The fourth-order valence-electron chi connectivity index (χ4n) is 2.22. The SMILES string of the molecule is CNC(=O)C(O)C(C[C@@H]1C[C@@H](C)NC1=O)NC(=O)O. The molecule has 0 aromatic rings. The van der Waals surface area contributed by atoms with Crippen molar-refractivity contribution < 1.29 is 24.6 Å². The van der Waals surface area contributed by atoms with Gasteiger partial charge in [0, 0.05) is 19.0 Å². The van der Waals surface area contributed by atoms with Gasteiger partial charge >= 0.3 is 6.09 Å². The molecule has 108 valence electrons. The molecule has 0 aliphatic carbocycles. The molecule has 19 heavy (non-hydrogen) atoms. The van der Waals surface area contributed by atoms with Crippen molar-refractivity contribution in [2.75, 3.05) is 7.05 Å². The molecule has 8 nitrogen and oxygen atoms in total. The van der Waals surface area contributed by atoms with Crippen LogP contribution in [0, 0.1) is 5.92 Å².